The first-order chi connectivity index (χ1) is 15.0. The number of carbonyl (C=O) groups excluding carboxylic acids is 1. The van der Waals surface area contributed by atoms with Crippen LogP contribution < -0.4 is 10.2 Å². The number of hydrogen-bond acceptors (Lipinski definition) is 6. The SMILES string of the molecule is COCCNC(=O)c1cccc(CSc2nc(C(C)C)cc(N3CCCCC3C)n2)c1. The number of hydrogen-bond donors (Lipinski definition) is 1. The molecule has 1 aliphatic rings. The largest absolute Gasteiger partial charge is 0.383 e. The topological polar surface area (TPSA) is 67.3 Å². The van der Waals surface area contributed by atoms with E-state index in [1.165, 1.54) is 19.3 Å². The predicted octanol–water partition coefficient (Wildman–Crippen LogP) is 4.65. The second-order valence-corrected chi connectivity index (χ2v) is 9.31. The molecule has 1 amide bonds. The Balaban J connectivity index is 1.72. The first-order valence-corrected chi connectivity index (χ1v) is 12.1. The molecule has 1 aromatic heterocycles. The second kappa shape index (κ2) is 11.5. The van der Waals surface area contributed by atoms with E-state index in [1.54, 1.807) is 18.9 Å². The van der Waals surface area contributed by atoms with Crippen molar-refractivity contribution in [1.82, 2.24) is 15.3 Å². The van der Waals surface area contributed by atoms with Crippen LogP contribution in [0.4, 0.5) is 5.82 Å². The Labute approximate surface area is 190 Å². The van der Waals surface area contributed by atoms with Gasteiger partial charge in [-0.1, -0.05) is 37.7 Å². The van der Waals surface area contributed by atoms with Crippen LogP contribution >= 0.6 is 11.8 Å². The van der Waals surface area contributed by atoms with E-state index in [-0.39, 0.29) is 5.91 Å². The number of methoxy groups -OCH3 is 1. The third-order valence-corrected chi connectivity index (χ3v) is 6.47. The molecule has 3 rings (SSSR count). The number of thioether (sulfide) groups is 1. The summed E-state index contributed by atoms with van der Waals surface area (Å²) in [4.78, 5) is 24.4. The lowest BCUT2D eigenvalue weighted by Crippen LogP contribution is -2.38. The van der Waals surface area contributed by atoms with Crippen LogP contribution in [0, 0.1) is 0 Å². The number of nitrogens with one attached hydrogen (secondary N) is 1. The van der Waals surface area contributed by atoms with E-state index >= 15 is 0 Å². The highest BCUT2D eigenvalue weighted by Gasteiger charge is 2.21. The van der Waals surface area contributed by atoms with E-state index in [2.05, 4.69) is 37.1 Å². The van der Waals surface area contributed by atoms with Gasteiger partial charge in [0.1, 0.15) is 5.82 Å². The molecule has 7 heteroatoms. The highest BCUT2D eigenvalue weighted by Crippen LogP contribution is 2.29. The maximum atomic E-state index is 12.3. The van der Waals surface area contributed by atoms with Crippen LogP contribution in [-0.4, -0.2) is 48.7 Å². The van der Waals surface area contributed by atoms with Crippen molar-refractivity contribution in [1.29, 1.82) is 0 Å². The molecule has 0 bridgehead atoms. The number of piperidine rings is 1. The number of amides is 1. The summed E-state index contributed by atoms with van der Waals surface area (Å²) in [5, 5.41) is 3.67. The standard InChI is InChI=1S/C24H34N4O2S/c1-17(2)21-15-22(28-12-6-5-8-18(28)3)27-24(26-21)31-16-19-9-7-10-20(14-19)23(29)25-11-13-30-4/h7,9-10,14-15,17-18H,5-6,8,11-13,16H2,1-4H3,(H,25,29). The summed E-state index contributed by atoms with van der Waals surface area (Å²) in [6.45, 7) is 8.69. The summed E-state index contributed by atoms with van der Waals surface area (Å²) < 4.78 is 4.99. The summed E-state index contributed by atoms with van der Waals surface area (Å²) in [6, 6.07) is 10.4. The zero-order valence-corrected chi connectivity index (χ0v) is 19.9. The molecule has 0 aliphatic carbocycles. The Morgan fingerprint density at radius 3 is 2.87 bits per heavy atom. The van der Waals surface area contributed by atoms with Crippen LogP contribution in [0.25, 0.3) is 0 Å². The van der Waals surface area contributed by atoms with Gasteiger partial charge in [0.2, 0.25) is 0 Å². The van der Waals surface area contributed by atoms with Crippen LogP contribution in [-0.2, 0) is 10.5 Å². The number of rotatable bonds is 9. The van der Waals surface area contributed by atoms with Gasteiger partial charge in [0.25, 0.3) is 5.91 Å². The monoisotopic (exact) mass is 442 g/mol. The maximum absolute atomic E-state index is 12.3. The van der Waals surface area contributed by atoms with Crippen LogP contribution in [0.1, 0.15) is 67.6 Å². The highest BCUT2D eigenvalue weighted by atomic mass is 32.2. The Morgan fingerprint density at radius 2 is 2.13 bits per heavy atom. The number of ether oxygens (including phenoxy) is 1. The number of nitrogens with zero attached hydrogens (tertiary/aromatic N) is 3. The first kappa shape index (κ1) is 23.5. The minimum absolute atomic E-state index is 0.0803. The van der Waals surface area contributed by atoms with E-state index in [0.29, 0.717) is 30.7 Å². The van der Waals surface area contributed by atoms with Crippen molar-refractivity contribution >= 4 is 23.5 Å². The highest BCUT2D eigenvalue weighted by molar-refractivity contribution is 7.98. The molecule has 1 saturated heterocycles. The molecule has 0 radical (unpaired) electrons. The smallest absolute Gasteiger partial charge is 0.251 e. The predicted molar refractivity (Wildman–Crippen MR) is 127 cm³/mol. The molecule has 168 valence electrons. The van der Waals surface area contributed by atoms with E-state index < -0.39 is 0 Å². The van der Waals surface area contributed by atoms with Gasteiger partial charge in [0, 0.05) is 49.3 Å². The van der Waals surface area contributed by atoms with Gasteiger partial charge < -0.3 is 15.0 Å². The van der Waals surface area contributed by atoms with Crippen LogP contribution in [0.3, 0.4) is 0 Å². The van der Waals surface area contributed by atoms with Crippen molar-refractivity contribution in [2.45, 2.75) is 62.9 Å². The Kier molecular flexibility index (Phi) is 8.72. The fraction of sp³-hybridized carbons (Fsp3) is 0.542. The first-order valence-electron chi connectivity index (χ1n) is 11.1. The fourth-order valence-electron chi connectivity index (χ4n) is 3.70. The van der Waals surface area contributed by atoms with Gasteiger partial charge in [-0.3, -0.25) is 4.79 Å². The third kappa shape index (κ3) is 6.68. The van der Waals surface area contributed by atoms with Gasteiger partial charge in [0.15, 0.2) is 5.16 Å². The van der Waals surface area contributed by atoms with Crippen molar-refractivity contribution in [3.05, 3.63) is 47.2 Å². The lowest BCUT2D eigenvalue weighted by atomic mass is 10.0. The number of anilines is 1. The number of benzene rings is 1. The molecule has 0 spiro atoms. The molecule has 31 heavy (non-hydrogen) atoms. The minimum atomic E-state index is -0.0803. The Hall–Kier alpha value is -2.12. The second-order valence-electron chi connectivity index (χ2n) is 8.36. The molecular formula is C24H34N4O2S. The number of aromatic nitrogens is 2. The Bertz CT molecular complexity index is 874. The molecule has 1 unspecified atom stereocenters. The molecule has 1 aliphatic heterocycles. The van der Waals surface area contributed by atoms with E-state index in [1.807, 2.05) is 24.3 Å². The van der Waals surface area contributed by atoms with Crippen molar-refractivity contribution in [2.75, 3.05) is 31.7 Å². The quantitative estimate of drug-likeness (QED) is 0.346. The molecule has 1 atom stereocenters. The lowest BCUT2D eigenvalue weighted by molar-refractivity contribution is 0.0937. The van der Waals surface area contributed by atoms with Crippen LogP contribution in [0.15, 0.2) is 35.5 Å². The zero-order chi connectivity index (χ0) is 22.2. The van der Waals surface area contributed by atoms with E-state index in [0.717, 1.165) is 34.5 Å². The van der Waals surface area contributed by atoms with Gasteiger partial charge in [-0.15, -0.1) is 0 Å². The average molecular weight is 443 g/mol. The number of carbonyl (C=O) groups is 1. The normalized spacial score (nSPS) is 16.5. The van der Waals surface area contributed by atoms with Crippen LogP contribution in [0.2, 0.25) is 0 Å². The minimum Gasteiger partial charge on any atom is -0.383 e. The van der Waals surface area contributed by atoms with E-state index in [9.17, 15) is 4.79 Å². The van der Waals surface area contributed by atoms with E-state index in [4.69, 9.17) is 14.7 Å². The molecule has 1 N–H and O–H groups in total. The summed E-state index contributed by atoms with van der Waals surface area (Å²) in [6.07, 6.45) is 3.71. The van der Waals surface area contributed by atoms with Crippen molar-refractivity contribution in [2.24, 2.45) is 0 Å². The lowest BCUT2D eigenvalue weighted by Gasteiger charge is -2.34. The van der Waals surface area contributed by atoms with Gasteiger partial charge in [-0.2, -0.15) is 0 Å². The fourth-order valence-corrected chi connectivity index (χ4v) is 4.50. The van der Waals surface area contributed by atoms with Crippen LogP contribution in [0.5, 0.6) is 0 Å². The molecule has 2 heterocycles. The summed E-state index contributed by atoms with van der Waals surface area (Å²) in [5.41, 5.74) is 2.82. The summed E-state index contributed by atoms with van der Waals surface area (Å²) in [5.74, 6) is 2.03. The van der Waals surface area contributed by atoms with Crippen molar-refractivity contribution in [3.8, 4) is 0 Å². The zero-order valence-electron chi connectivity index (χ0n) is 19.1. The molecular weight excluding hydrogens is 408 g/mol. The molecule has 6 nitrogen and oxygen atoms in total. The Morgan fingerprint density at radius 1 is 1.29 bits per heavy atom. The molecule has 2 aromatic rings. The maximum Gasteiger partial charge on any atom is 0.251 e. The summed E-state index contributed by atoms with van der Waals surface area (Å²) in [7, 11) is 1.62. The average Bonchev–Trinajstić information content (AvgIpc) is 2.78. The van der Waals surface area contributed by atoms with Gasteiger partial charge in [-0.25, -0.2) is 9.97 Å². The van der Waals surface area contributed by atoms with Crippen molar-refractivity contribution in [3.63, 3.8) is 0 Å². The molecule has 0 saturated carbocycles. The van der Waals surface area contributed by atoms with Gasteiger partial charge in [-0.05, 0) is 49.8 Å². The van der Waals surface area contributed by atoms with Gasteiger partial charge in [0.05, 0.1) is 6.61 Å². The van der Waals surface area contributed by atoms with Gasteiger partial charge >= 0.3 is 0 Å². The van der Waals surface area contributed by atoms with Crippen molar-refractivity contribution < 1.29 is 9.53 Å². The molecule has 1 fully saturated rings. The summed E-state index contributed by atoms with van der Waals surface area (Å²) >= 11 is 1.63. The third-order valence-electron chi connectivity index (χ3n) is 5.55. The molecule has 1 aromatic carbocycles.